The molecule has 4 heterocycles. The van der Waals surface area contributed by atoms with Crippen molar-refractivity contribution in [1.29, 1.82) is 0 Å². The number of rotatable bonds is 5. The zero-order chi connectivity index (χ0) is 20.8. The molecule has 4 rings (SSSR count). The number of carbonyl (C=O) groups excluding carboxylic acids is 2. The van der Waals surface area contributed by atoms with Gasteiger partial charge in [0.1, 0.15) is 6.61 Å². The molecule has 158 valence electrons. The van der Waals surface area contributed by atoms with Crippen molar-refractivity contribution in [3.63, 3.8) is 0 Å². The zero-order valence-electron chi connectivity index (χ0n) is 17.0. The monoisotopic (exact) mass is 409 g/mol. The Morgan fingerprint density at radius 2 is 1.70 bits per heavy atom. The molecule has 2 saturated heterocycles. The van der Waals surface area contributed by atoms with Crippen molar-refractivity contribution >= 4 is 17.8 Å². The largest absolute Gasteiger partial charge is 0.485 e. The molecule has 0 aliphatic carbocycles. The van der Waals surface area contributed by atoms with E-state index in [9.17, 15) is 9.59 Å². The second-order valence-electron chi connectivity index (χ2n) is 7.72. The average molecular weight is 409 g/mol. The highest BCUT2D eigenvalue weighted by molar-refractivity contribution is 5.93. The molecule has 2 aromatic rings. The topological polar surface area (TPSA) is 87.7 Å². The number of anilines is 1. The van der Waals surface area contributed by atoms with Gasteiger partial charge < -0.3 is 19.9 Å². The van der Waals surface area contributed by atoms with E-state index in [4.69, 9.17) is 4.74 Å². The molecule has 2 aromatic heterocycles. The summed E-state index contributed by atoms with van der Waals surface area (Å²) in [6, 6.07) is 7.45. The van der Waals surface area contributed by atoms with Crippen LogP contribution in [0.5, 0.6) is 5.75 Å². The number of hydrogen-bond acceptors (Lipinski definition) is 5. The maximum Gasteiger partial charge on any atom is 0.319 e. The minimum Gasteiger partial charge on any atom is -0.485 e. The van der Waals surface area contributed by atoms with Gasteiger partial charge in [-0.25, -0.2) is 9.78 Å². The van der Waals surface area contributed by atoms with Gasteiger partial charge in [0, 0.05) is 50.7 Å². The average Bonchev–Trinajstić information content (AvgIpc) is 3.34. The van der Waals surface area contributed by atoms with Crippen molar-refractivity contribution in [2.24, 2.45) is 5.92 Å². The number of likely N-dealkylation sites (tertiary alicyclic amines) is 2. The van der Waals surface area contributed by atoms with Crippen molar-refractivity contribution in [2.45, 2.75) is 32.3 Å². The molecule has 0 unspecified atom stereocenters. The molecule has 2 fully saturated rings. The smallest absolute Gasteiger partial charge is 0.319 e. The van der Waals surface area contributed by atoms with Crippen LogP contribution in [0.15, 0.2) is 42.9 Å². The van der Waals surface area contributed by atoms with Gasteiger partial charge in [0.2, 0.25) is 5.91 Å². The molecule has 0 atom stereocenters. The summed E-state index contributed by atoms with van der Waals surface area (Å²) in [5.74, 6) is 0.745. The fraction of sp³-hybridized carbons (Fsp3) is 0.455. The number of pyridine rings is 2. The minimum absolute atomic E-state index is 0.0734. The van der Waals surface area contributed by atoms with E-state index < -0.39 is 0 Å². The van der Waals surface area contributed by atoms with Gasteiger partial charge in [0.05, 0.1) is 0 Å². The Labute approximate surface area is 176 Å². The SMILES string of the molecule is O=C(Nc1ncccc1OCc1ccncc1)C1CCN(C(=O)N2CCCC2)CC1. The predicted molar refractivity (Wildman–Crippen MR) is 112 cm³/mol. The number of urea groups is 1. The molecule has 0 saturated carbocycles. The number of carbonyl (C=O) groups is 2. The highest BCUT2D eigenvalue weighted by Gasteiger charge is 2.30. The van der Waals surface area contributed by atoms with Crippen LogP contribution in [-0.2, 0) is 11.4 Å². The molecule has 8 nitrogen and oxygen atoms in total. The number of nitrogens with zero attached hydrogens (tertiary/aromatic N) is 4. The van der Waals surface area contributed by atoms with Crippen LogP contribution < -0.4 is 10.1 Å². The molecule has 1 N–H and O–H groups in total. The van der Waals surface area contributed by atoms with Crippen molar-refractivity contribution in [3.05, 3.63) is 48.4 Å². The van der Waals surface area contributed by atoms with Gasteiger partial charge in [-0.05, 0) is 55.5 Å². The van der Waals surface area contributed by atoms with Crippen LogP contribution in [0.3, 0.4) is 0 Å². The molecule has 0 aromatic carbocycles. The lowest BCUT2D eigenvalue weighted by molar-refractivity contribution is -0.121. The van der Waals surface area contributed by atoms with Gasteiger partial charge in [-0.2, -0.15) is 0 Å². The summed E-state index contributed by atoms with van der Waals surface area (Å²) >= 11 is 0. The van der Waals surface area contributed by atoms with Gasteiger partial charge in [-0.15, -0.1) is 0 Å². The Morgan fingerprint density at radius 3 is 2.43 bits per heavy atom. The van der Waals surface area contributed by atoms with Crippen LogP contribution in [0.2, 0.25) is 0 Å². The molecule has 2 aliphatic heterocycles. The van der Waals surface area contributed by atoms with Gasteiger partial charge in [0.25, 0.3) is 0 Å². The van der Waals surface area contributed by atoms with Crippen molar-refractivity contribution in [3.8, 4) is 5.75 Å². The maximum absolute atomic E-state index is 12.8. The zero-order valence-corrected chi connectivity index (χ0v) is 17.0. The van der Waals surface area contributed by atoms with Crippen LogP contribution in [0.25, 0.3) is 0 Å². The van der Waals surface area contributed by atoms with Crippen molar-refractivity contribution < 1.29 is 14.3 Å². The summed E-state index contributed by atoms with van der Waals surface area (Å²) in [6.45, 7) is 3.29. The van der Waals surface area contributed by atoms with Gasteiger partial charge >= 0.3 is 6.03 Å². The van der Waals surface area contributed by atoms with Crippen LogP contribution in [0.1, 0.15) is 31.2 Å². The number of hydrogen-bond donors (Lipinski definition) is 1. The Hall–Kier alpha value is -3.16. The number of amides is 3. The number of ether oxygens (including phenoxy) is 1. The first kappa shape index (κ1) is 20.1. The Kier molecular flexibility index (Phi) is 6.41. The highest BCUT2D eigenvalue weighted by Crippen LogP contribution is 2.25. The van der Waals surface area contributed by atoms with Gasteiger partial charge in [-0.3, -0.25) is 9.78 Å². The van der Waals surface area contributed by atoms with Gasteiger partial charge in [0.15, 0.2) is 11.6 Å². The standard InChI is InChI=1S/C22H27N5O3/c28-21(18-7-14-27(15-8-18)22(29)26-12-1-2-13-26)25-20-19(4-3-9-24-20)30-16-17-5-10-23-11-6-17/h3-6,9-11,18H,1-2,7-8,12-16H2,(H,24,25,28). The molecule has 30 heavy (non-hydrogen) atoms. The minimum atomic E-state index is -0.136. The molecule has 3 amide bonds. The van der Waals surface area contributed by atoms with E-state index >= 15 is 0 Å². The van der Waals surface area contributed by atoms with Crippen molar-refractivity contribution in [2.75, 3.05) is 31.5 Å². The Balaban J connectivity index is 1.30. The van der Waals surface area contributed by atoms with E-state index in [1.807, 2.05) is 21.9 Å². The fourth-order valence-corrected chi connectivity index (χ4v) is 3.90. The maximum atomic E-state index is 12.8. The normalized spacial score (nSPS) is 17.1. The third-order valence-corrected chi connectivity index (χ3v) is 5.67. The third-order valence-electron chi connectivity index (χ3n) is 5.67. The first-order chi connectivity index (χ1) is 14.7. The molecular formula is C22H27N5O3. The predicted octanol–water partition coefficient (Wildman–Crippen LogP) is 2.92. The Bertz CT molecular complexity index is 862. The quantitative estimate of drug-likeness (QED) is 0.820. The number of nitrogens with one attached hydrogen (secondary N) is 1. The van der Waals surface area contributed by atoms with E-state index in [1.54, 1.807) is 30.7 Å². The first-order valence-corrected chi connectivity index (χ1v) is 10.5. The number of aromatic nitrogens is 2. The van der Waals surface area contributed by atoms with Crippen LogP contribution in [0, 0.1) is 5.92 Å². The van der Waals surface area contributed by atoms with Crippen LogP contribution in [0.4, 0.5) is 10.6 Å². The lowest BCUT2D eigenvalue weighted by Gasteiger charge is -2.34. The third kappa shape index (κ3) is 4.87. The molecule has 2 aliphatic rings. The number of piperidine rings is 1. The highest BCUT2D eigenvalue weighted by atomic mass is 16.5. The summed E-state index contributed by atoms with van der Waals surface area (Å²) in [6.07, 6.45) is 8.54. The molecule has 0 spiro atoms. The Morgan fingerprint density at radius 1 is 1.00 bits per heavy atom. The van der Waals surface area contributed by atoms with E-state index in [-0.39, 0.29) is 17.9 Å². The summed E-state index contributed by atoms with van der Waals surface area (Å²) in [7, 11) is 0. The molecule has 0 bridgehead atoms. The van der Waals surface area contributed by atoms with Gasteiger partial charge in [-0.1, -0.05) is 0 Å². The molecule has 0 radical (unpaired) electrons. The van der Waals surface area contributed by atoms with E-state index in [2.05, 4.69) is 15.3 Å². The lowest BCUT2D eigenvalue weighted by atomic mass is 9.96. The van der Waals surface area contributed by atoms with Crippen molar-refractivity contribution in [1.82, 2.24) is 19.8 Å². The van der Waals surface area contributed by atoms with Crippen LogP contribution in [-0.4, -0.2) is 57.9 Å². The van der Waals surface area contributed by atoms with E-state index in [0.717, 1.165) is 31.5 Å². The second kappa shape index (κ2) is 9.56. The van der Waals surface area contributed by atoms with E-state index in [0.29, 0.717) is 44.1 Å². The van der Waals surface area contributed by atoms with Crippen LogP contribution >= 0.6 is 0 Å². The fourth-order valence-electron chi connectivity index (χ4n) is 3.90. The second-order valence-corrected chi connectivity index (χ2v) is 7.72. The summed E-state index contributed by atoms with van der Waals surface area (Å²) < 4.78 is 5.85. The first-order valence-electron chi connectivity index (χ1n) is 10.5. The summed E-state index contributed by atoms with van der Waals surface area (Å²) in [5.41, 5.74) is 0.987. The van der Waals surface area contributed by atoms with E-state index in [1.165, 1.54) is 0 Å². The lowest BCUT2D eigenvalue weighted by Crippen LogP contribution is -2.47. The molecule has 8 heteroatoms. The molecular weight excluding hydrogens is 382 g/mol. The summed E-state index contributed by atoms with van der Waals surface area (Å²) in [5, 5.41) is 2.91. The summed E-state index contributed by atoms with van der Waals surface area (Å²) in [4.78, 5) is 37.4.